The summed E-state index contributed by atoms with van der Waals surface area (Å²) in [6, 6.07) is 20.8. The lowest BCUT2D eigenvalue weighted by Gasteiger charge is -1.98. The molecule has 2 aromatic carbocycles. The van der Waals surface area contributed by atoms with Crippen LogP contribution in [0.3, 0.4) is 0 Å². The molecule has 0 spiro atoms. The Morgan fingerprint density at radius 3 is 1.68 bits per heavy atom. The summed E-state index contributed by atoms with van der Waals surface area (Å²) in [5.41, 5.74) is 2.55. The molecule has 0 aliphatic heterocycles. The third-order valence-electron chi connectivity index (χ3n) is 2.68. The third-order valence-corrected chi connectivity index (χ3v) is 3.58. The van der Waals surface area contributed by atoms with Crippen molar-refractivity contribution < 1.29 is 4.39 Å². The van der Waals surface area contributed by atoms with E-state index in [1.807, 2.05) is 12.1 Å². The van der Waals surface area contributed by atoms with E-state index in [1.54, 1.807) is 0 Å². The van der Waals surface area contributed by atoms with Gasteiger partial charge in [-0.2, -0.15) is 0 Å². The number of unbranched alkanes of at least 4 members (excludes halogenated alkanes) is 1. The minimum atomic E-state index is -0.111. The third kappa shape index (κ3) is 7.08. The summed E-state index contributed by atoms with van der Waals surface area (Å²) in [4.78, 5) is 0. The van der Waals surface area contributed by atoms with Crippen LogP contribution in [0.15, 0.2) is 60.7 Å². The van der Waals surface area contributed by atoms with Gasteiger partial charge in [-0.05, 0) is 23.7 Å². The molecule has 102 valence electrons. The SMILES string of the molecule is CCCCPCF.c1ccc(-c2ccccc2)cc1. The quantitative estimate of drug-likeness (QED) is 0.482. The van der Waals surface area contributed by atoms with Crippen LogP contribution in [0.25, 0.3) is 11.1 Å². The van der Waals surface area contributed by atoms with E-state index < -0.39 is 0 Å². The molecule has 1 atom stereocenters. The molecule has 0 aliphatic rings. The van der Waals surface area contributed by atoms with Gasteiger partial charge in [-0.15, -0.1) is 0 Å². The van der Waals surface area contributed by atoms with Crippen molar-refractivity contribution in [1.82, 2.24) is 0 Å². The first-order chi connectivity index (χ1) is 9.38. The van der Waals surface area contributed by atoms with Gasteiger partial charge < -0.3 is 0 Å². The van der Waals surface area contributed by atoms with Gasteiger partial charge in [0.25, 0.3) is 0 Å². The normalized spacial score (nSPS) is 10.2. The van der Waals surface area contributed by atoms with Crippen molar-refractivity contribution in [2.45, 2.75) is 19.8 Å². The second-order valence-corrected chi connectivity index (χ2v) is 5.49. The molecular formula is C17H22FP. The van der Waals surface area contributed by atoms with Crippen LogP contribution in [-0.2, 0) is 0 Å². The maximum atomic E-state index is 11.3. The monoisotopic (exact) mass is 276 g/mol. The summed E-state index contributed by atoms with van der Waals surface area (Å²) in [6.07, 6.45) is 3.38. The Kier molecular flexibility index (Phi) is 8.93. The van der Waals surface area contributed by atoms with Gasteiger partial charge in [0.05, 0.1) is 0 Å². The van der Waals surface area contributed by atoms with Gasteiger partial charge in [0.1, 0.15) is 6.42 Å². The van der Waals surface area contributed by atoms with Crippen LogP contribution in [0.5, 0.6) is 0 Å². The Morgan fingerprint density at radius 2 is 1.32 bits per heavy atom. The maximum Gasteiger partial charge on any atom is 0.106 e. The largest absolute Gasteiger partial charge is 0.246 e. The zero-order chi connectivity index (χ0) is 13.8. The second kappa shape index (κ2) is 10.7. The molecule has 0 saturated carbocycles. The lowest BCUT2D eigenvalue weighted by molar-refractivity contribution is 0.601. The summed E-state index contributed by atoms with van der Waals surface area (Å²) in [6.45, 7) is 2.13. The average Bonchev–Trinajstić information content (AvgIpc) is 2.50. The molecule has 2 heteroatoms. The molecule has 0 fully saturated rings. The number of halogens is 1. The number of hydrogen-bond acceptors (Lipinski definition) is 0. The lowest BCUT2D eigenvalue weighted by atomic mass is 10.1. The standard InChI is InChI=1S/C12H10.C5H12FP/c1-3-7-11(8-4-1)12-9-5-2-6-10-12;1-2-3-4-7-5-6/h1-10H;7H,2-5H2,1H3. The minimum Gasteiger partial charge on any atom is -0.246 e. The van der Waals surface area contributed by atoms with Gasteiger partial charge in [0, 0.05) is 0 Å². The van der Waals surface area contributed by atoms with Crippen molar-refractivity contribution in [2.24, 2.45) is 0 Å². The molecule has 0 nitrogen and oxygen atoms in total. The summed E-state index contributed by atoms with van der Waals surface area (Å²) >= 11 is 0. The van der Waals surface area contributed by atoms with E-state index in [2.05, 4.69) is 55.5 Å². The highest BCUT2D eigenvalue weighted by molar-refractivity contribution is 7.37. The van der Waals surface area contributed by atoms with Gasteiger partial charge in [-0.25, -0.2) is 4.39 Å². The fraction of sp³-hybridized carbons (Fsp3) is 0.294. The number of alkyl halides is 1. The fourth-order valence-electron chi connectivity index (χ4n) is 1.63. The molecule has 2 aromatic rings. The smallest absolute Gasteiger partial charge is 0.106 e. The molecule has 0 N–H and O–H groups in total. The molecule has 0 saturated heterocycles. The van der Waals surface area contributed by atoms with Gasteiger partial charge >= 0.3 is 0 Å². The van der Waals surface area contributed by atoms with E-state index >= 15 is 0 Å². The highest BCUT2D eigenvalue weighted by Crippen LogP contribution is 2.17. The molecule has 0 aliphatic carbocycles. The van der Waals surface area contributed by atoms with Crippen molar-refractivity contribution in [3.8, 4) is 11.1 Å². The molecule has 1 unspecified atom stereocenters. The zero-order valence-corrected chi connectivity index (χ0v) is 12.5. The maximum absolute atomic E-state index is 11.3. The van der Waals surface area contributed by atoms with E-state index in [-0.39, 0.29) is 6.42 Å². The Labute approximate surface area is 117 Å². The predicted molar refractivity (Wildman–Crippen MR) is 85.9 cm³/mol. The van der Waals surface area contributed by atoms with Crippen LogP contribution < -0.4 is 0 Å². The molecule has 2 rings (SSSR count). The van der Waals surface area contributed by atoms with Crippen LogP contribution in [0.2, 0.25) is 0 Å². The van der Waals surface area contributed by atoms with Crippen molar-refractivity contribution in [2.75, 3.05) is 12.6 Å². The van der Waals surface area contributed by atoms with E-state index in [1.165, 1.54) is 24.0 Å². The van der Waals surface area contributed by atoms with Crippen molar-refractivity contribution in [3.05, 3.63) is 60.7 Å². The van der Waals surface area contributed by atoms with Crippen LogP contribution in [0.4, 0.5) is 4.39 Å². The van der Waals surface area contributed by atoms with Gasteiger partial charge in [-0.3, -0.25) is 0 Å². The highest BCUT2D eigenvalue weighted by atomic mass is 31.1. The first kappa shape index (κ1) is 15.9. The average molecular weight is 276 g/mol. The van der Waals surface area contributed by atoms with E-state index in [0.717, 1.165) is 6.16 Å². The Hall–Kier alpha value is -1.20. The van der Waals surface area contributed by atoms with E-state index in [0.29, 0.717) is 8.58 Å². The molecule has 0 amide bonds. The molecule has 0 bridgehead atoms. The number of benzene rings is 2. The zero-order valence-electron chi connectivity index (χ0n) is 11.5. The number of hydrogen-bond donors (Lipinski definition) is 0. The molecule has 0 aromatic heterocycles. The Bertz CT molecular complexity index is 372. The van der Waals surface area contributed by atoms with E-state index in [9.17, 15) is 4.39 Å². The van der Waals surface area contributed by atoms with Gasteiger partial charge in [0.2, 0.25) is 0 Å². The highest BCUT2D eigenvalue weighted by Gasteiger charge is 1.91. The first-order valence-electron chi connectivity index (χ1n) is 6.75. The fourth-order valence-corrected chi connectivity index (χ4v) is 2.37. The van der Waals surface area contributed by atoms with Crippen LogP contribution in [0.1, 0.15) is 19.8 Å². The van der Waals surface area contributed by atoms with Crippen LogP contribution in [0, 0.1) is 0 Å². The first-order valence-corrected chi connectivity index (χ1v) is 8.17. The molecular weight excluding hydrogens is 254 g/mol. The van der Waals surface area contributed by atoms with Crippen molar-refractivity contribution >= 4 is 8.58 Å². The van der Waals surface area contributed by atoms with E-state index in [4.69, 9.17) is 0 Å². The second-order valence-electron chi connectivity index (χ2n) is 4.22. The summed E-state index contributed by atoms with van der Waals surface area (Å²) in [5.74, 6) is 0. The summed E-state index contributed by atoms with van der Waals surface area (Å²) in [7, 11) is 0.555. The summed E-state index contributed by atoms with van der Waals surface area (Å²) in [5, 5.41) is 0. The van der Waals surface area contributed by atoms with Gasteiger partial charge in [0.15, 0.2) is 0 Å². The predicted octanol–water partition coefficient (Wildman–Crippen LogP) is 5.75. The topological polar surface area (TPSA) is 0 Å². The summed E-state index contributed by atoms with van der Waals surface area (Å²) < 4.78 is 11.3. The Balaban J connectivity index is 0.000000224. The van der Waals surface area contributed by atoms with Crippen molar-refractivity contribution in [1.29, 1.82) is 0 Å². The number of rotatable bonds is 5. The van der Waals surface area contributed by atoms with Crippen LogP contribution in [-0.4, -0.2) is 12.6 Å². The molecule has 0 heterocycles. The van der Waals surface area contributed by atoms with Gasteiger partial charge in [-0.1, -0.05) is 82.6 Å². The van der Waals surface area contributed by atoms with Crippen molar-refractivity contribution in [3.63, 3.8) is 0 Å². The minimum absolute atomic E-state index is 0.111. The molecule has 0 radical (unpaired) electrons. The van der Waals surface area contributed by atoms with Crippen LogP contribution >= 0.6 is 8.58 Å². The lowest BCUT2D eigenvalue weighted by Crippen LogP contribution is -1.73. The molecule has 19 heavy (non-hydrogen) atoms. The Morgan fingerprint density at radius 1 is 0.842 bits per heavy atom.